The van der Waals surface area contributed by atoms with Gasteiger partial charge in [-0.2, -0.15) is 0 Å². The molecule has 0 aliphatic rings. The van der Waals surface area contributed by atoms with Crippen molar-refractivity contribution in [2.24, 2.45) is 4.99 Å². The maximum atomic E-state index is 4.55. The van der Waals surface area contributed by atoms with Gasteiger partial charge in [-0.15, -0.1) is 0 Å². The van der Waals surface area contributed by atoms with Crippen LogP contribution in [-0.2, 0) is 0 Å². The average Bonchev–Trinajstić information content (AvgIpc) is 2.61. The zero-order valence-electron chi connectivity index (χ0n) is 13.5. The van der Waals surface area contributed by atoms with Crippen LogP contribution in [0.4, 0.5) is 11.4 Å². The van der Waals surface area contributed by atoms with E-state index in [2.05, 4.69) is 70.6 Å². The summed E-state index contributed by atoms with van der Waals surface area (Å²) in [4.78, 5) is 6.63. The zero-order valence-corrected chi connectivity index (χ0v) is 13.5. The number of hydrogen-bond donors (Lipinski definition) is 0. The first-order chi connectivity index (χ1) is 11.2. The highest BCUT2D eigenvalue weighted by atomic mass is 15.1. The molecule has 0 spiro atoms. The second-order valence-electron chi connectivity index (χ2n) is 5.66. The van der Waals surface area contributed by atoms with Crippen LogP contribution in [0.3, 0.4) is 0 Å². The number of hydrogen-bond acceptors (Lipinski definition) is 2. The Hall–Kier alpha value is -2.87. The molecule has 0 heterocycles. The van der Waals surface area contributed by atoms with Crippen molar-refractivity contribution in [1.82, 2.24) is 0 Å². The van der Waals surface area contributed by atoms with Gasteiger partial charge in [0.1, 0.15) is 0 Å². The maximum absolute atomic E-state index is 4.55. The molecule has 0 N–H and O–H groups in total. The molecule has 3 aromatic rings. The first kappa shape index (κ1) is 15.0. The van der Waals surface area contributed by atoms with E-state index in [0.29, 0.717) is 0 Å². The quantitative estimate of drug-likeness (QED) is 0.607. The molecule has 3 aromatic carbocycles. The van der Waals surface area contributed by atoms with Gasteiger partial charge in [0, 0.05) is 26.0 Å². The fourth-order valence-electron chi connectivity index (χ4n) is 2.38. The second kappa shape index (κ2) is 6.93. The first-order valence-electron chi connectivity index (χ1n) is 7.69. The predicted molar refractivity (Wildman–Crippen MR) is 99.9 cm³/mol. The minimum Gasteiger partial charge on any atom is -0.378 e. The van der Waals surface area contributed by atoms with Crippen LogP contribution in [-0.4, -0.2) is 20.3 Å². The summed E-state index contributed by atoms with van der Waals surface area (Å²) >= 11 is 0. The summed E-state index contributed by atoms with van der Waals surface area (Å²) in [6, 6.07) is 27.0. The highest BCUT2D eigenvalue weighted by molar-refractivity contribution is 5.82. The van der Waals surface area contributed by atoms with Crippen molar-refractivity contribution in [2.45, 2.75) is 0 Å². The summed E-state index contributed by atoms with van der Waals surface area (Å²) in [6.45, 7) is 0. The van der Waals surface area contributed by atoms with E-state index in [1.807, 2.05) is 38.5 Å². The second-order valence-corrected chi connectivity index (χ2v) is 5.66. The Morgan fingerprint density at radius 1 is 0.696 bits per heavy atom. The molecule has 0 aliphatic heterocycles. The molecule has 2 nitrogen and oxygen atoms in total. The summed E-state index contributed by atoms with van der Waals surface area (Å²) in [6.07, 6.45) is 1.90. The molecular weight excluding hydrogens is 280 g/mol. The molecule has 23 heavy (non-hydrogen) atoms. The van der Waals surface area contributed by atoms with Crippen LogP contribution in [0.1, 0.15) is 5.56 Å². The molecule has 0 saturated carbocycles. The summed E-state index contributed by atoms with van der Waals surface area (Å²) in [7, 11) is 4.08. The van der Waals surface area contributed by atoms with Crippen LogP contribution in [0.15, 0.2) is 83.9 Å². The van der Waals surface area contributed by atoms with Crippen molar-refractivity contribution < 1.29 is 0 Å². The minimum atomic E-state index is 0.960. The normalized spacial score (nSPS) is 10.9. The Morgan fingerprint density at radius 2 is 1.30 bits per heavy atom. The van der Waals surface area contributed by atoms with E-state index in [1.165, 1.54) is 16.8 Å². The Bertz CT molecular complexity index is 770. The van der Waals surface area contributed by atoms with Crippen LogP contribution in [0.2, 0.25) is 0 Å². The molecule has 2 heteroatoms. The van der Waals surface area contributed by atoms with E-state index in [4.69, 9.17) is 0 Å². The molecule has 3 rings (SSSR count). The number of rotatable bonds is 4. The van der Waals surface area contributed by atoms with Crippen molar-refractivity contribution in [2.75, 3.05) is 19.0 Å². The number of anilines is 1. The molecule has 0 fully saturated rings. The molecule has 0 amide bonds. The van der Waals surface area contributed by atoms with Gasteiger partial charge in [-0.1, -0.05) is 54.6 Å². The molecule has 0 unspecified atom stereocenters. The standard InChI is InChI=1S/C21H20N2/c1-23(2)21-14-8-17(9-15-21)16-22-20-12-10-19(11-13-20)18-6-4-3-5-7-18/h3-16H,1-2H3. The topological polar surface area (TPSA) is 15.6 Å². The van der Waals surface area contributed by atoms with Gasteiger partial charge in [0.25, 0.3) is 0 Å². The van der Waals surface area contributed by atoms with Crippen molar-refractivity contribution in [3.8, 4) is 11.1 Å². The Kier molecular flexibility index (Phi) is 4.53. The third kappa shape index (κ3) is 3.86. The van der Waals surface area contributed by atoms with E-state index in [9.17, 15) is 0 Å². The van der Waals surface area contributed by atoms with E-state index in [0.717, 1.165) is 11.3 Å². The van der Waals surface area contributed by atoms with Crippen molar-refractivity contribution in [3.05, 3.63) is 84.4 Å². The van der Waals surface area contributed by atoms with E-state index < -0.39 is 0 Å². The van der Waals surface area contributed by atoms with Gasteiger partial charge in [0.2, 0.25) is 0 Å². The predicted octanol–water partition coefficient (Wildman–Crippen LogP) is 5.17. The lowest BCUT2D eigenvalue weighted by Gasteiger charge is -2.11. The van der Waals surface area contributed by atoms with Crippen LogP contribution < -0.4 is 4.90 Å². The van der Waals surface area contributed by atoms with Crippen molar-refractivity contribution >= 4 is 17.6 Å². The molecule has 0 radical (unpaired) electrons. The monoisotopic (exact) mass is 300 g/mol. The maximum Gasteiger partial charge on any atom is 0.0630 e. The Balaban J connectivity index is 1.73. The van der Waals surface area contributed by atoms with Gasteiger partial charge in [-0.3, -0.25) is 4.99 Å². The zero-order chi connectivity index (χ0) is 16.1. The van der Waals surface area contributed by atoms with E-state index >= 15 is 0 Å². The van der Waals surface area contributed by atoms with Gasteiger partial charge < -0.3 is 4.90 Å². The Morgan fingerprint density at radius 3 is 1.91 bits per heavy atom. The smallest absolute Gasteiger partial charge is 0.0630 e. The van der Waals surface area contributed by atoms with Gasteiger partial charge in [-0.25, -0.2) is 0 Å². The van der Waals surface area contributed by atoms with Gasteiger partial charge in [0.15, 0.2) is 0 Å². The van der Waals surface area contributed by atoms with Crippen molar-refractivity contribution in [3.63, 3.8) is 0 Å². The fraction of sp³-hybridized carbons (Fsp3) is 0.0952. The van der Waals surface area contributed by atoms with Crippen LogP contribution in [0.25, 0.3) is 11.1 Å². The first-order valence-corrected chi connectivity index (χ1v) is 7.69. The third-order valence-corrected chi connectivity index (χ3v) is 3.75. The molecule has 0 aromatic heterocycles. The molecule has 0 bridgehead atoms. The number of aliphatic imine (C=N–C) groups is 1. The summed E-state index contributed by atoms with van der Waals surface area (Å²) in [5.74, 6) is 0. The SMILES string of the molecule is CN(C)c1ccc(C=Nc2ccc(-c3ccccc3)cc2)cc1. The summed E-state index contributed by atoms with van der Waals surface area (Å²) in [5.41, 5.74) is 5.68. The largest absolute Gasteiger partial charge is 0.378 e. The van der Waals surface area contributed by atoms with Crippen LogP contribution in [0, 0.1) is 0 Å². The van der Waals surface area contributed by atoms with Gasteiger partial charge in [0.05, 0.1) is 5.69 Å². The molecule has 114 valence electrons. The van der Waals surface area contributed by atoms with E-state index in [-0.39, 0.29) is 0 Å². The summed E-state index contributed by atoms with van der Waals surface area (Å²) in [5, 5.41) is 0. The lowest BCUT2D eigenvalue weighted by molar-refractivity contribution is 1.13. The van der Waals surface area contributed by atoms with Gasteiger partial charge in [-0.05, 0) is 41.0 Å². The van der Waals surface area contributed by atoms with E-state index in [1.54, 1.807) is 0 Å². The van der Waals surface area contributed by atoms with Crippen LogP contribution in [0.5, 0.6) is 0 Å². The Labute approximate surface area is 137 Å². The highest BCUT2D eigenvalue weighted by Gasteiger charge is 1.97. The lowest BCUT2D eigenvalue weighted by Crippen LogP contribution is -2.08. The number of benzene rings is 3. The van der Waals surface area contributed by atoms with Gasteiger partial charge >= 0.3 is 0 Å². The van der Waals surface area contributed by atoms with Crippen molar-refractivity contribution in [1.29, 1.82) is 0 Å². The molecular formula is C21H20N2. The highest BCUT2D eigenvalue weighted by Crippen LogP contribution is 2.22. The molecule has 0 aliphatic carbocycles. The molecule has 0 saturated heterocycles. The number of nitrogens with zero attached hydrogens (tertiary/aromatic N) is 2. The molecule has 0 atom stereocenters. The third-order valence-electron chi connectivity index (χ3n) is 3.75. The van der Waals surface area contributed by atoms with Crippen LogP contribution >= 0.6 is 0 Å². The summed E-state index contributed by atoms with van der Waals surface area (Å²) < 4.78 is 0. The average molecular weight is 300 g/mol. The fourth-order valence-corrected chi connectivity index (χ4v) is 2.38. The lowest BCUT2D eigenvalue weighted by atomic mass is 10.1. The minimum absolute atomic E-state index is 0.960.